The fourth-order valence-electron chi connectivity index (χ4n) is 2.12. The molecule has 0 aromatic heterocycles. The summed E-state index contributed by atoms with van der Waals surface area (Å²) in [4.78, 5) is 0. The summed E-state index contributed by atoms with van der Waals surface area (Å²) in [5.74, 6) is 0. The Morgan fingerprint density at radius 2 is 1.05 bits per heavy atom. The Morgan fingerprint density at radius 3 is 1.36 bits per heavy atom. The average molecular weight is 518 g/mol. The van der Waals surface area contributed by atoms with E-state index >= 15 is 0 Å². The molecule has 0 aliphatic heterocycles. The van der Waals surface area contributed by atoms with Crippen LogP contribution < -0.4 is 0 Å². The van der Waals surface area contributed by atoms with Crippen LogP contribution in [0.1, 0.15) is 25.0 Å². The molecule has 0 heterocycles. The molecular weight excluding hydrogens is 495 g/mol. The second kappa shape index (κ2) is 10.3. The molecule has 0 nitrogen and oxygen atoms in total. The van der Waals surface area contributed by atoms with Gasteiger partial charge in [-0.2, -0.15) is 0 Å². The molecule has 0 N–H and O–H groups in total. The van der Waals surface area contributed by atoms with Crippen LogP contribution in [0.5, 0.6) is 0 Å². The summed E-state index contributed by atoms with van der Waals surface area (Å²) in [5.41, 5.74) is 2.82. The van der Waals surface area contributed by atoms with Crippen LogP contribution in [0.2, 0.25) is 8.94 Å². The molecule has 2 aromatic carbocycles. The van der Waals surface area contributed by atoms with E-state index in [9.17, 15) is 0 Å². The van der Waals surface area contributed by atoms with Crippen LogP contribution in [-0.2, 0) is 0 Å². The molecule has 0 bridgehead atoms. The summed E-state index contributed by atoms with van der Waals surface area (Å²) in [6.45, 7) is 4.61. The number of hydrogen-bond donors (Lipinski definition) is 0. The van der Waals surface area contributed by atoms with Crippen molar-refractivity contribution in [3.8, 4) is 0 Å². The summed E-state index contributed by atoms with van der Waals surface area (Å²) in [6, 6.07) is 21.8. The predicted octanol–water partition coefficient (Wildman–Crippen LogP) is 5.35. The SMILES string of the molecule is CC[Te]/C(=C/C=C(/[Te]CC)c1ccccc1)c1ccccc1. The van der Waals surface area contributed by atoms with Gasteiger partial charge in [0.25, 0.3) is 0 Å². The molecule has 114 valence electrons. The van der Waals surface area contributed by atoms with Crippen LogP contribution in [0.25, 0.3) is 7.24 Å². The zero-order valence-corrected chi connectivity index (χ0v) is 17.8. The normalized spacial score (nSPS) is 12.5. The molecule has 0 saturated carbocycles. The number of allylic oxidation sites excluding steroid dienone is 2. The van der Waals surface area contributed by atoms with E-state index in [1.54, 1.807) is 7.24 Å². The van der Waals surface area contributed by atoms with Gasteiger partial charge in [-0.1, -0.05) is 0 Å². The van der Waals surface area contributed by atoms with Crippen molar-refractivity contribution < 1.29 is 0 Å². The molecule has 0 spiro atoms. The molecule has 2 aromatic rings. The van der Waals surface area contributed by atoms with Gasteiger partial charge >= 0.3 is 156 Å². The van der Waals surface area contributed by atoms with Gasteiger partial charge in [0.05, 0.1) is 0 Å². The van der Waals surface area contributed by atoms with Crippen LogP contribution in [0, 0.1) is 0 Å². The van der Waals surface area contributed by atoms with Crippen molar-refractivity contribution in [3.63, 3.8) is 0 Å². The Kier molecular flexibility index (Phi) is 8.36. The first-order chi connectivity index (χ1) is 10.8. The Bertz CT molecular complexity index is 555. The zero-order valence-electron chi connectivity index (χ0n) is 13.2. The maximum absolute atomic E-state index is 2.41. The topological polar surface area (TPSA) is 0 Å². The van der Waals surface area contributed by atoms with Gasteiger partial charge in [-0.25, -0.2) is 0 Å². The fourth-order valence-corrected chi connectivity index (χ4v) is 6.56. The van der Waals surface area contributed by atoms with Gasteiger partial charge in [-0.05, 0) is 0 Å². The van der Waals surface area contributed by atoms with Gasteiger partial charge in [0, 0.05) is 0 Å². The number of benzene rings is 2. The summed E-state index contributed by atoms with van der Waals surface area (Å²) >= 11 is -0.170. The molecule has 0 saturated heterocycles. The Labute approximate surface area is 154 Å². The van der Waals surface area contributed by atoms with Gasteiger partial charge in [0.15, 0.2) is 0 Å². The van der Waals surface area contributed by atoms with Crippen molar-refractivity contribution in [1.82, 2.24) is 0 Å². The van der Waals surface area contributed by atoms with Crippen molar-refractivity contribution in [3.05, 3.63) is 83.9 Å². The Hall–Kier alpha value is -0.501. The molecule has 22 heavy (non-hydrogen) atoms. The van der Waals surface area contributed by atoms with Gasteiger partial charge < -0.3 is 0 Å². The quantitative estimate of drug-likeness (QED) is 0.343. The molecule has 2 rings (SSSR count). The summed E-state index contributed by atoms with van der Waals surface area (Å²) < 4.78 is 5.77. The van der Waals surface area contributed by atoms with Gasteiger partial charge in [-0.15, -0.1) is 0 Å². The standard InChI is InChI=1S/C20H22Te2/c1-3-21-19(17-11-7-5-8-12-17)15-16-20(22-4-2)18-13-9-6-10-14-18/h5-16H,3-4H2,1-2H3/b19-15+,20-16+. The predicted molar refractivity (Wildman–Crippen MR) is 101 cm³/mol. The summed E-state index contributed by atoms with van der Waals surface area (Å²) in [5, 5.41) is 0. The first-order valence-electron chi connectivity index (χ1n) is 7.63. The maximum atomic E-state index is 2.41. The molecule has 0 fully saturated rings. The molecule has 0 radical (unpaired) electrons. The first kappa shape index (κ1) is 17.8. The third-order valence-corrected chi connectivity index (χ3v) is 8.65. The first-order valence-corrected chi connectivity index (χ1v) is 13.3. The Morgan fingerprint density at radius 1 is 0.682 bits per heavy atom. The summed E-state index contributed by atoms with van der Waals surface area (Å²) in [7, 11) is 0. The molecule has 0 unspecified atom stereocenters. The third kappa shape index (κ3) is 5.61. The van der Waals surface area contributed by atoms with Gasteiger partial charge in [0.1, 0.15) is 0 Å². The fraction of sp³-hybridized carbons (Fsp3) is 0.200. The molecular formula is C20H22Te2. The van der Waals surface area contributed by atoms with Crippen LogP contribution in [0.4, 0.5) is 0 Å². The van der Waals surface area contributed by atoms with E-state index in [1.165, 1.54) is 20.1 Å². The molecule has 0 aliphatic rings. The summed E-state index contributed by atoms with van der Waals surface area (Å²) in [6.07, 6.45) is 4.81. The molecule has 0 atom stereocenters. The van der Waals surface area contributed by atoms with Crippen molar-refractivity contribution in [2.45, 2.75) is 22.8 Å². The van der Waals surface area contributed by atoms with E-state index in [2.05, 4.69) is 86.7 Å². The average Bonchev–Trinajstić information content (AvgIpc) is 2.59. The van der Waals surface area contributed by atoms with E-state index in [0.717, 1.165) is 0 Å². The van der Waals surface area contributed by atoms with Crippen molar-refractivity contribution in [2.75, 3.05) is 0 Å². The minimum absolute atomic E-state index is 0.0850. The van der Waals surface area contributed by atoms with Crippen molar-refractivity contribution in [1.29, 1.82) is 0 Å². The molecule has 0 amide bonds. The van der Waals surface area contributed by atoms with Crippen LogP contribution >= 0.6 is 0 Å². The number of hydrogen-bond acceptors (Lipinski definition) is 0. The van der Waals surface area contributed by atoms with Crippen LogP contribution in [0.15, 0.2) is 72.8 Å². The second-order valence-corrected chi connectivity index (χ2v) is 12.1. The Balaban J connectivity index is 2.33. The second-order valence-electron chi connectivity index (χ2n) is 4.66. The van der Waals surface area contributed by atoms with E-state index in [0.29, 0.717) is 0 Å². The van der Waals surface area contributed by atoms with E-state index in [-0.39, 0.29) is 41.8 Å². The third-order valence-electron chi connectivity index (χ3n) is 3.10. The van der Waals surface area contributed by atoms with Gasteiger partial charge in [0.2, 0.25) is 0 Å². The van der Waals surface area contributed by atoms with Gasteiger partial charge in [-0.3, -0.25) is 0 Å². The van der Waals surface area contributed by atoms with E-state index in [1.807, 2.05) is 0 Å². The molecule has 0 aliphatic carbocycles. The molecule has 2 heteroatoms. The zero-order chi connectivity index (χ0) is 15.6. The van der Waals surface area contributed by atoms with E-state index in [4.69, 9.17) is 0 Å². The van der Waals surface area contributed by atoms with Crippen molar-refractivity contribution in [2.24, 2.45) is 0 Å². The van der Waals surface area contributed by atoms with Crippen LogP contribution in [0.3, 0.4) is 0 Å². The van der Waals surface area contributed by atoms with E-state index < -0.39 is 0 Å². The van der Waals surface area contributed by atoms with Crippen LogP contribution in [-0.4, -0.2) is 41.8 Å². The van der Waals surface area contributed by atoms with Crippen molar-refractivity contribution >= 4 is 49.1 Å². The monoisotopic (exact) mass is 522 g/mol. The number of rotatable bonds is 7. The minimum atomic E-state index is -0.0850.